The number of aromatic nitrogens is 1. The van der Waals surface area contributed by atoms with Gasteiger partial charge in [-0.15, -0.1) is 0 Å². The second-order valence-corrected chi connectivity index (χ2v) is 3.45. The molecule has 0 aliphatic heterocycles. The van der Waals surface area contributed by atoms with Crippen molar-refractivity contribution in [1.29, 1.82) is 0 Å². The van der Waals surface area contributed by atoms with Crippen LogP contribution in [0.1, 0.15) is 10.5 Å². The van der Waals surface area contributed by atoms with Gasteiger partial charge in [-0.1, -0.05) is 5.16 Å². The molecule has 0 spiro atoms. The van der Waals surface area contributed by atoms with Gasteiger partial charge in [0.1, 0.15) is 5.82 Å². The second kappa shape index (κ2) is 3.06. The van der Waals surface area contributed by atoms with Gasteiger partial charge in [0, 0.05) is 10.5 Å². The number of benzene rings is 1. The summed E-state index contributed by atoms with van der Waals surface area (Å²) in [5, 5.41) is 12.3. The highest BCUT2D eigenvalue weighted by molar-refractivity contribution is 9.10. The normalized spacial score (nSPS) is 10.7. The van der Waals surface area contributed by atoms with Crippen molar-refractivity contribution in [2.75, 3.05) is 0 Å². The Bertz CT molecular complexity index is 523. The fourth-order valence-corrected chi connectivity index (χ4v) is 1.74. The predicted molar refractivity (Wildman–Crippen MR) is 48.6 cm³/mol. The number of hydrogen-bond acceptors (Lipinski definition) is 3. The maximum Gasteiger partial charge on any atom is 0.358 e. The highest BCUT2D eigenvalue weighted by Crippen LogP contribution is 2.28. The number of aromatic carboxylic acids is 1. The van der Waals surface area contributed by atoms with E-state index in [-0.39, 0.29) is 16.7 Å². The third-order valence-electron chi connectivity index (χ3n) is 1.69. The van der Waals surface area contributed by atoms with E-state index in [2.05, 4.69) is 25.6 Å². The molecule has 0 fully saturated rings. The summed E-state index contributed by atoms with van der Waals surface area (Å²) in [6.07, 6.45) is 0. The summed E-state index contributed by atoms with van der Waals surface area (Å²) in [7, 11) is 0. The van der Waals surface area contributed by atoms with Crippen LogP contribution >= 0.6 is 15.9 Å². The van der Waals surface area contributed by atoms with Crippen molar-refractivity contribution in [3.8, 4) is 0 Å². The summed E-state index contributed by atoms with van der Waals surface area (Å²) < 4.78 is 17.8. The number of halogens is 2. The first kappa shape index (κ1) is 9.14. The molecule has 14 heavy (non-hydrogen) atoms. The molecule has 0 aliphatic rings. The van der Waals surface area contributed by atoms with Gasteiger partial charge >= 0.3 is 5.97 Å². The molecule has 0 atom stereocenters. The van der Waals surface area contributed by atoms with Crippen molar-refractivity contribution in [2.45, 2.75) is 0 Å². The molecule has 1 aromatic heterocycles. The zero-order valence-corrected chi connectivity index (χ0v) is 8.21. The second-order valence-electron chi connectivity index (χ2n) is 2.60. The topological polar surface area (TPSA) is 63.3 Å². The van der Waals surface area contributed by atoms with Gasteiger partial charge in [-0.3, -0.25) is 0 Å². The largest absolute Gasteiger partial charge is 0.476 e. The van der Waals surface area contributed by atoms with Gasteiger partial charge in [0.15, 0.2) is 11.3 Å². The van der Waals surface area contributed by atoms with Crippen LogP contribution in [0.5, 0.6) is 0 Å². The molecule has 2 rings (SSSR count). The molecule has 72 valence electrons. The molecule has 1 aromatic carbocycles. The summed E-state index contributed by atoms with van der Waals surface area (Å²) in [4.78, 5) is 10.7. The molecule has 0 saturated carbocycles. The van der Waals surface area contributed by atoms with Crippen LogP contribution in [0.15, 0.2) is 21.1 Å². The SMILES string of the molecule is O=C(O)c1noc2cc(F)cc(Br)c12. The quantitative estimate of drug-likeness (QED) is 0.855. The van der Waals surface area contributed by atoms with Crippen LogP contribution in [0, 0.1) is 5.82 Å². The fraction of sp³-hybridized carbons (Fsp3) is 0. The molecule has 1 heterocycles. The first-order valence-electron chi connectivity index (χ1n) is 3.57. The minimum absolute atomic E-state index is 0.106. The average molecular weight is 260 g/mol. The number of carbonyl (C=O) groups is 1. The lowest BCUT2D eigenvalue weighted by molar-refractivity contribution is 0.0688. The molecule has 0 amide bonds. The molecule has 2 aromatic rings. The predicted octanol–water partition coefficient (Wildman–Crippen LogP) is 2.43. The van der Waals surface area contributed by atoms with E-state index in [9.17, 15) is 9.18 Å². The van der Waals surface area contributed by atoms with Gasteiger partial charge in [-0.25, -0.2) is 9.18 Å². The number of carboxylic acids is 1. The van der Waals surface area contributed by atoms with Crippen molar-refractivity contribution in [3.63, 3.8) is 0 Å². The van der Waals surface area contributed by atoms with E-state index in [1.54, 1.807) is 0 Å². The third kappa shape index (κ3) is 1.27. The molecule has 0 saturated heterocycles. The number of nitrogens with zero attached hydrogens (tertiary/aromatic N) is 1. The standard InChI is InChI=1S/C8H3BrFNO3/c9-4-1-3(10)2-5-6(4)7(8(12)13)11-14-5/h1-2H,(H,12,13). The number of hydrogen-bond donors (Lipinski definition) is 1. The van der Waals surface area contributed by atoms with E-state index >= 15 is 0 Å². The summed E-state index contributed by atoms with van der Waals surface area (Å²) in [5.74, 6) is -1.73. The van der Waals surface area contributed by atoms with Crippen LogP contribution in [0.4, 0.5) is 4.39 Å². The van der Waals surface area contributed by atoms with Crippen molar-refractivity contribution < 1.29 is 18.8 Å². The number of rotatable bonds is 1. The molecule has 0 aliphatic carbocycles. The Balaban J connectivity index is 2.85. The first-order chi connectivity index (χ1) is 6.59. The van der Waals surface area contributed by atoms with Crippen molar-refractivity contribution in [2.24, 2.45) is 0 Å². The zero-order chi connectivity index (χ0) is 10.3. The summed E-state index contributed by atoms with van der Waals surface area (Å²) in [5.41, 5.74) is -0.124. The Labute approximate surface area is 85.4 Å². The van der Waals surface area contributed by atoms with E-state index < -0.39 is 11.8 Å². The van der Waals surface area contributed by atoms with E-state index in [1.807, 2.05) is 0 Å². The number of carboxylic acid groups (broad SMARTS) is 1. The maximum absolute atomic E-state index is 12.8. The Morgan fingerprint density at radius 3 is 2.93 bits per heavy atom. The molecular weight excluding hydrogens is 257 g/mol. The van der Waals surface area contributed by atoms with Crippen LogP contribution in [0.25, 0.3) is 11.0 Å². The Hall–Kier alpha value is -1.43. The minimum atomic E-state index is -1.21. The Morgan fingerprint density at radius 2 is 2.29 bits per heavy atom. The smallest absolute Gasteiger partial charge is 0.358 e. The van der Waals surface area contributed by atoms with Gasteiger partial charge in [0.2, 0.25) is 0 Å². The first-order valence-corrected chi connectivity index (χ1v) is 4.36. The van der Waals surface area contributed by atoms with Crippen LogP contribution < -0.4 is 0 Å². The lowest BCUT2D eigenvalue weighted by Gasteiger charge is -1.93. The van der Waals surface area contributed by atoms with Gasteiger partial charge in [-0.2, -0.15) is 0 Å². The molecule has 0 radical (unpaired) electrons. The summed E-state index contributed by atoms with van der Waals surface area (Å²) in [6.45, 7) is 0. The van der Waals surface area contributed by atoms with Crippen molar-refractivity contribution >= 4 is 32.9 Å². The molecule has 0 bridgehead atoms. The van der Waals surface area contributed by atoms with E-state index in [1.165, 1.54) is 0 Å². The van der Waals surface area contributed by atoms with Gasteiger partial charge in [0.25, 0.3) is 0 Å². The maximum atomic E-state index is 12.8. The highest BCUT2D eigenvalue weighted by Gasteiger charge is 2.18. The van der Waals surface area contributed by atoms with Crippen molar-refractivity contribution in [3.05, 3.63) is 28.1 Å². The van der Waals surface area contributed by atoms with Crippen LogP contribution in [-0.2, 0) is 0 Å². The molecule has 4 nitrogen and oxygen atoms in total. The van der Waals surface area contributed by atoms with E-state index in [0.717, 1.165) is 12.1 Å². The number of fused-ring (bicyclic) bond motifs is 1. The molecular formula is C8H3BrFNO3. The van der Waals surface area contributed by atoms with Crippen molar-refractivity contribution in [1.82, 2.24) is 5.16 Å². The lowest BCUT2D eigenvalue weighted by atomic mass is 10.2. The Morgan fingerprint density at radius 1 is 1.57 bits per heavy atom. The fourth-order valence-electron chi connectivity index (χ4n) is 1.14. The molecule has 1 N–H and O–H groups in total. The molecule has 6 heteroatoms. The van der Waals surface area contributed by atoms with E-state index in [4.69, 9.17) is 5.11 Å². The minimum Gasteiger partial charge on any atom is -0.476 e. The highest BCUT2D eigenvalue weighted by atomic mass is 79.9. The molecule has 0 unspecified atom stereocenters. The Kier molecular flexibility index (Phi) is 1.99. The van der Waals surface area contributed by atoms with Crippen LogP contribution in [0.2, 0.25) is 0 Å². The van der Waals surface area contributed by atoms with Gasteiger partial charge < -0.3 is 9.63 Å². The van der Waals surface area contributed by atoms with Gasteiger partial charge in [0.05, 0.1) is 5.39 Å². The average Bonchev–Trinajstić information content (AvgIpc) is 2.47. The van der Waals surface area contributed by atoms with E-state index in [0.29, 0.717) is 4.47 Å². The summed E-state index contributed by atoms with van der Waals surface area (Å²) in [6, 6.07) is 2.24. The lowest BCUT2D eigenvalue weighted by Crippen LogP contribution is -1.96. The van der Waals surface area contributed by atoms with Crippen LogP contribution in [-0.4, -0.2) is 16.2 Å². The van der Waals surface area contributed by atoms with Gasteiger partial charge in [-0.05, 0) is 22.0 Å². The summed E-state index contributed by atoms with van der Waals surface area (Å²) >= 11 is 3.04. The zero-order valence-electron chi connectivity index (χ0n) is 6.62. The monoisotopic (exact) mass is 259 g/mol. The van der Waals surface area contributed by atoms with Crippen LogP contribution in [0.3, 0.4) is 0 Å². The third-order valence-corrected chi connectivity index (χ3v) is 2.32.